The first-order valence-corrected chi connectivity index (χ1v) is 9.33. The van der Waals surface area contributed by atoms with Crippen molar-refractivity contribution in [1.29, 1.82) is 0 Å². The van der Waals surface area contributed by atoms with Gasteiger partial charge in [-0.3, -0.25) is 14.1 Å². The van der Waals surface area contributed by atoms with E-state index in [0.29, 0.717) is 6.54 Å². The van der Waals surface area contributed by atoms with Crippen LogP contribution >= 0.6 is 11.3 Å². The molecule has 0 saturated carbocycles. The minimum Gasteiger partial charge on any atom is -0.349 e. The van der Waals surface area contributed by atoms with E-state index in [0.717, 1.165) is 23.6 Å². The molecule has 2 aromatic heterocycles. The molecule has 0 bridgehead atoms. The lowest BCUT2D eigenvalue weighted by molar-refractivity contribution is -0.126. The average molecular weight is 354 g/mol. The summed E-state index contributed by atoms with van der Waals surface area (Å²) in [5.41, 5.74) is 4.71. The second-order valence-electron chi connectivity index (χ2n) is 6.75. The number of rotatable bonds is 3. The van der Waals surface area contributed by atoms with E-state index in [2.05, 4.69) is 51.6 Å². The van der Waals surface area contributed by atoms with Gasteiger partial charge in [-0.2, -0.15) is 0 Å². The summed E-state index contributed by atoms with van der Waals surface area (Å²) in [6, 6.07) is 8.24. The van der Waals surface area contributed by atoms with E-state index in [1.807, 2.05) is 19.3 Å². The van der Waals surface area contributed by atoms with Crippen LogP contribution in [0.3, 0.4) is 0 Å². The van der Waals surface area contributed by atoms with Gasteiger partial charge in [0.1, 0.15) is 0 Å². The summed E-state index contributed by atoms with van der Waals surface area (Å²) in [6.07, 6.45) is 2.78. The van der Waals surface area contributed by atoms with Crippen molar-refractivity contribution in [1.82, 2.24) is 19.6 Å². The van der Waals surface area contributed by atoms with Crippen LogP contribution in [0.4, 0.5) is 0 Å². The van der Waals surface area contributed by atoms with E-state index >= 15 is 0 Å². The van der Waals surface area contributed by atoms with Crippen LogP contribution in [-0.2, 0) is 24.3 Å². The molecule has 25 heavy (non-hydrogen) atoms. The molecule has 0 aliphatic carbocycles. The SMILES string of the molecule is Cc1sc2nc(CNC(=O)C3Cc4ccccc4CN3C)cn2c1C. The third kappa shape index (κ3) is 2.96. The van der Waals surface area contributed by atoms with E-state index in [-0.39, 0.29) is 11.9 Å². The van der Waals surface area contributed by atoms with Crippen LogP contribution in [0.1, 0.15) is 27.4 Å². The summed E-state index contributed by atoms with van der Waals surface area (Å²) in [4.78, 5) is 21.7. The van der Waals surface area contributed by atoms with Crippen molar-refractivity contribution in [3.8, 4) is 0 Å². The number of amides is 1. The van der Waals surface area contributed by atoms with Crippen LogP contribution in [0, 0.1) is 13.8 Å². The number of hydrogen-bond donors (Lipinski definition) is 1. The number of benzene rings is 1. The topological polar surface area (TPSA) is 49.6 Å². The van der Waals surface area contributed by atoms with Crippen LogP contribution in [0.25, 0.3) is 4.96 Å². The van der Waals surface area contributed by atoms with Crippen LogP contribution in [-0.4, -0.2) is 33.3 Å². The molecule has 1 N–H and O–H groups in total. The first-order valence-electron chi connectivity index (χ1n) is 8.51. The normalized spacial score (nSPS) is 17.6. The standard InChI is InChI=1S/C19H22N4OS/c1-12-13(2)25-19-21-16(11-23(12)19)9-20-18(24)17-8-14-6-4-5-7-15(14)10-22(17)3/h4-7,11,17H,8-10H2,1-3H3,(H,20,24). The first kappa shape index (κ1) is 16.3. The molecular weight excluding hydrogens is 332 g/mol. The molecule has 1 aliphatic heterocycles. The number of thiazole rings is 1. The van der Waals surface area contributed by atoms with Crippen LogP contribution < -0.4 is 5.32 Å². The molecule has 0 spiro atoms. The summed E-state index contributed by atoms with van der Waals surface area (Å²) >= 11 is 1.69. The second-order valence-corrected chi connectivity index (χ2v) is 7.93. The van der Waals surface area contributed by atoms with E-state index in [4.69, 9.17) is 0 Å². The lowest BCUT2D eigenvalue weighted by atomic mass is 9.94. The van der Waals surface area contributed by atoms with Crippen molar-refractivity contribution in [2.24, 2.45) is 0 Å². The fourth-order valence-electron chi connectivity index (χ4n) is 3.43. The molecule has 1 aliphatic rings. The van der Waals surface area contributed by atoms with Crippen LogP contribution in [0.2, 0.25) is 0 Å². The number of likely N-dealkylation sites (N-methyl/N-ethyl adjacent to an activating group) is 1. The predicted molar refractivity (Wildman–Crippen MR) is 99.8 cm³/mol. The number of hydrogen-bond acceptors (Lipinski definition) is 4. The molecule has 1 aromatic carbocycles. The highest BCUT2D eigenvalue weighted by molar-refractivity contribution is 7.17. The Bertz CT molecular complexity index is 942. The smallest absolute Gasteiger partial charge is 0.238 e. The lowest BCUT2D eigenvalue weighted by Gasteiger charge is -2.32. The van der Waals surface area contributed by atoms with Crippen molar-refractivity contribution in [3.05, 3.63) is 57.9 Å². The van der Waals surface area contributed by atoms with Crippen molar-refractivity contribution in [2.45, 2.75) is 39.4 Å². The Kier molecular flexibility index (Phi) is 4.09. The Morgan fingerprint density at radius 3 is 2.84 bits per heavy atom. The maximum absolute atomic E-state index is 12.7. The zero-order valence-electron chi connectivity index (χ0n) is 14.7. The Morgan fingerprint density at radius 1 is 1.32 bits per heavy atom. The van der Waals surface area contributed by atoms with Crippen molar-refractivity contribution in [3.63, 3.8) is 0 Å². The van der Waals surface area contributed by atoms with E-state index < -0.39 is 0 Å². The number of imidazole rings is 1. The summed E-state index contributed by atoms with van der Waals surface area (Å²) in [6.45, 7) is 5.48. The van der Waals surface area contributed by atoms with Crippen LogP contribution in [0.5, 0.6) is 0 Å². The van der Waals surface area contributed by atoms with Gasteiger partial charge in [0, 0.05) is 23.3 Å². The van der Waals surface area contributed by atoms with Gasteiger partial charge in [0.25, 0.3) is 0 Å². The monoisotopic (exact) mass is 354 g/mol. The minimum atomic E-state index is -0.123. The maximum atomic E-state index is 12.7. The zero-order chi connectivity index (χ0) is 17.6. The molecule has 3 heterocycles. The third-order valence-electron chi connectivity index (χ3n) is 5.07. The summed E-state index contributed by atoms with van der Waals surface area (Å²) in [5, 5.41) is 3.06. The van der Waals surface area contributed by atoms with E-state index in [9.17, 15) is 4.79 Å². The Labute approximate surface area is 151 Å². The van der Waals surface area contributed by atoms with Gasteiger partial charge in [-0.25, -0.2) is 4.98 Å². The quantitative estimate of drug-likeness (QED) is 0.787. The molecule has 1 atom stereocenters. The molecule has 6 heteroatoms. The van der Waals surface area contributed by atoms with Gasteiger partial charge in [-0.15, -0.1) is 11.3 Å². The van der Waals surface area contributed by atoms with Gasteiger partial charge in [0.2, 0.25) is 5.91 Å². The second kappa shape index (κ2) is 6.28. The Hall–Kier alpha value is -2.18. The van der Waals surface area contributed by atoms with Crippen molar-refractivity contribution < 1.29 is 4.79 Å². The molecule has 0 saturated heterocycles. The number of fused-ring (bicyclic) bond motifs is 2. The third-order valence-corrected chi connectivity index (χ3v) is 6.14. The average Bonchev–Trinajstić information content (AvgIpc) is 3.11. The molecule has 3 aromatic rings. The van der Waals surface area contributed by atoms with E-state index in [1.54, 1.807) is 11.3 Å². The maximum Gasteiger partial charge on any atom is 0.238 e. The van der Waals surface area contributed by atoms with Crippen LogP contribution in [0.15, 0.2) is 30.5 Å². The highest BCUT2D eigenvalue weighted by Crippen LogP contribution is 2.23. The van der Waals surface area contributed by atoms with Gasteiger partial charge in [0.05, 0.1) is 18.3 Å². The lowest BCUT2D eigenvalue weighted by Crippen LogP contribution is -2.48. The number of carbonyl (C=O) groups excluding carboxylic acids is 1. The minimum absolute atomic E-state index is 0.0706. The fraction of sp³-hybridized carbons (Fsp3) is 0.368. The number of carbonyl (C=O) groups is 1. The molecular formula is C19H22N4OS. The molecule has 130 valence electrons. The molecule has 1 unspecified atom stereocenters. The van der Waals surface area contributed by atoms with Gasteiger partial charge >= 0.3 is 0 Å². The molecule has 0 fully saturated rings. The first-order chi connectivity index (χ1) is 12.0. The van der Waals surface area contributed by atoms with E-state index in [1.165, 1.54) is 21.7 Å². The zero-order valence-corrected chi connectivity index (χ0v) is 15.6. The van der Waals surface area contributed by atoms with Gasteiger partial charge in [-0.05, 0) is 38.4 Å². The molecule has 1 amide bonds. The van der Waals surface area contributed by atoms with Gasteiger partial charge < -0.3 is 5.32 Å². The number of aryl methyl sites for hydroxylation is 2. The molecule has 5 nitrogen and oxygen atoms in total. The predicted octanol–water partition coefficient (Wildman–Crippen LogP) is 2.69. The number of nitrogens with one attached hydrogen (secondary N) is 1. The number of aromatic nitrogens is 2. The molecule has 0 radical (unpaired) electrons. The highest BCUT2D eigenvalue weighted by atomic mass is 32.1. The largest absolute Gasteiger partial charge is 0.349 e. The van der Waals surface area contributed by atoms with Crippen molar-refractivity contribution >= 4 is 22.2 Å². The summed E-state index contributed by atoms with van der Waals surface area (Å²) in [5.74, 6) is 0.0706. The number of nitrogens with zero attached hydrogens (tertiary/aromatic N) is 3. The Balaban J connectivity index is 1.44. The fourth-order valence-corrected chi connectivity index (χ4v) is 4.40. The summed E-state index contributed by atoms with van der Waals surface area (Å²) < 4.78 is 2.10. The molecule has 4 rings (SSSR count). The highest BCUT2D eigenvalue weighted by Gasteiger charge is 2.28. The Morgan fingerprint density at radius 2 is 2.08 bits per heavy atom. The van der Waals surface area contributed by atoms with Crippen molar-refractivity contribution in [2.75, 3.05) is 7.05 Å². The summed E-state index contributed by atoms with van der Waals surface area (Å²) in [7, 11) is 2.01. The van der Waals surface area contributed by atoms with Gasteiger partial charge in [-0.1, -0.05) is 24.3 Å². The van der Waals surface area contributed by atoms with Gasteiger partial charge in [0.15, 0.2) is 4.96 Å².